The molecule has 0 heterocycles. The molecule has 1 aromatic carbocycles. The van der Waals surface area contributed by atoms with E-state index in [4.69, 9.17) is 0 Å². The molecule has 0 unspecified atom stereocenters. The average molecular weight is 316 g/mol. The van der Waals surface area contributed by atoms with Gasteiger partial charge in [0, 0.05) is 4.47 Å². The zero-order chi connectivity index (χ0) is 13.6. The van der Waals surface area contributed by atoms with Crippen LogP contribution in [0.25, 0.3) is 0 Å². The highest BCUT2D eigenvalue weighted by Gasteiger charge is 2.19. The number of hydrogen-bond donors (Lipinski definition) is 1. The fourth-order valence-electron chi connectivity index (χ4n) is 2.01. The normalized spacial score (nSPS) is 11.8. The van der Waals surface area contributed by atoms with Crippen LogP contribution in [0.3, 0.4) is 0 Å². The van der Waals surface area contributed by atoms with Crippen LogP contribution in [0.2, 0.25) is 0 Å². The summed E-state index contributed by atoms with van der Waals surface area (Å²) >= 11 is 3.49. The summed E-state index contributed by atoms with van der Waals surface area (Å²) in [5.74, 6) is -0.159. The van der Waals surface area contributed by atoms with Crippen molar-refractivity contribution in [3.63, 3.8) is 0 Å². The van der Waals surface area contributed by atoms with Crippen LogP contribution in [0.1, 0.15) is 39.2 Å². The molecule has 18 heavy (non-hydrogen) atoms. The maximum Gasteiger partial charge on any atom is 0.123 e. The van der Waals surface area contributed by atoms with Gasteiger partial charge >= 0.3 is 0 Å². The highest BCUT2D eigenvalue weighted by Crippen LogP contribution is 2.29. The van der Waals surface area contributed by atoms with E-state index in [1.807, 2.05) is 0 Å². The van der Waals surface area contributed by atoms with Crippen molar-refractivity contribution < 1.29 is 4.39 Å². The van der Waals surface area contributed by atoms with Crippen LogP contribution >= 0.6 is 15.9 Å². The summed E-state index contributed by atoms with van der Waals surface area (Å²) in [5.41, 5.74) is 1.23. The Bertz CT molecular complexity index is 377. The van der Waals surface area contributed by atoms with Crippen molar-refractivity contribution in [2.24, 2.45) is 5.41 Å². The Morgan fingerprint density at radius 3 is 2.67 bits per heavy atom. The van der Waals surface area contributed by atoms with Crippen LogP contribution in [0.5, 0.6) is 0 Å². The van der Waals surface area contributed by atoms with Crippen molar-refractivity contribution in [2.75, 3.05) is 13.1 Å². The third kappa shape index (κ3) is 5.49. The fraction of sp³-hybridized carbons (Fsp3) is 0.600. The van der Waals surface area contributed by atoms with Gasteiger partial charge in [-0.05, 0) is 61.5 Å². The van der Waals surface area contributed by atoms with E-state index in [0.29, 0.717) is 0 Å². The van der Waals surface area contributed by atoms with E-state index < -0.39 is 0 Å². The largest absolute Gasteiger partial charge is 0.317 e. The summed E-state index contributed by atoms with van der Waals surface area (Å²) in [7, 11) is 0. The van der Waals surface area contributed by atoms with E-state index in [1.54, 1.807) is 12.1 Å². The maximum atomic E-state index is 13.2. The topological polar surface area (TPSA) is 12.0 Å². The van der Waals surface area contributed by atoms with Crippen LogP contribution < -0.4 is 5.32 Å². The maximum absolute atomic E-state index is 13.2. The third-order valence-electron chi connectivity index (χ3n) is 3.08. The van der Waals surface area contributed by atoms with Crippen LogP contribution in [0.15, 0.2) is 22.7 Å². The molecule has 1 N–H and O–H groups in total. The molecule has 0 atom stereocenters. The Morgan fingerprint density at radius 1 is 1.28 bits per heavy atom. The Labute approximate surface area is 118 Å². The van der Waals surface area contributed by atoms with E-state index in [9.17, 15) is 4.39 Å². The monoisotopic (exact) mass is 315 g/mol. The molecule has 0 fully saturated rings. The average Bonchev–Trinajstić information content (AvgIpc) is 2.29. The van der Waals surface area contributed by atoms with Crippen molar-refractivity contribution in [3.8, 4) is 0 Å². The number of hydrogen-bond acceptors (Lipinski definition) is 1. The van der Waals surface area contributed by atoms with Crippen molar-refractivity contribution in [1.82, 2.24) is 5.32 Å². The lowest BCUT2D eigenvalue weighted by atomic mass is 9.82. The first-order valence-corrected chi connectivity index (χ1v) is 7.38. The first-order chi connectivity index (χ1) is 8.44. The molecule has 1 rings (SSSR count). The molecule has 0 aliphatic rings. The van der Waals surface area contributed by atoms with Crippen molar-refractivity contribution in [3.05, 3.63) is 34.1 Å². The second-order valence-corrected chi connectivity index (χ2v) is 6.43. The van der Waals surface area contributed by atoms with Gasteiger partial charge in [0.05, 0.1) is 0 Å². The van der Waals surface area contributed by atoms with E-state index >= 15 is 0 Å². The summed E-state index contributed by atoms with van der Waals surface area (Å²) < 4.78 is 14.2. The lowest BCUT2D eigenvalue weighted by Gasteiger charge is -2.25. The Balaban J connectivity index is 2.55. The molecule has 0 aliphatic carbocycles. The van der Waals surface area contributed by atoms with Gasteiger partial charge in [0.25, 0.3) is 0 Å². The zero-order valence-corrected chi connectivity index (χ0v) is 13.1. The molecule has 102 valence electrons. The lowest BCUT2D eigenvalue weighted by Crippen LogP contribution is -2.24. The second kappa shape index (κ2) is 7.25. The van der Waals surface area contributed by atoms with Crippen LogP contribution in [0.4, 0.5) is 4.39 Å². The summed E-state index contributed by atoms with van der Waals surface area (Å²) in [4.78, 5) is 0. The highest BCUT2D eigenvalue weighted by molar-refractivity contribution is 9.10. The van der Waals surface area contributed by atoms with Gasteiger partial charge in [-0.3, -0.25) is 0 Å². The minimum Gasteiger partial charge on any atom is -0.317 e. The summed E-state index contributed by atoms with van der Waals surface area (Å²) in [6, 6.07) is 4.91. The number of rotatable bonds is 7. The Hall–Kier alpha value is -0.410. The first kappa shape index (κ1) is 15.6. The predicted octanol–water partition coefficient (Wildman–Crippen LogP) is 4.55. The smallest absolute Gasteiger partial charge is 0.123 e. The summed E-state index contributed by atoms with van der Waals surface area (Å²) in [6.07, 6.45) is 3.14. The van der Waals surface area contributed by atoms with E-state index in [-0.39, 0.29) is 11.2 Å². The molecule has 0 amide bonds. The minimum absolute atomic E-state index is 0.159. The Morgan fingerprint density at radius 2 is 2.00 bits per heavy atom. The zero-order valence-electron chi connectivity index (χ0n) is 11.5. The lowest BCUT2D eigenvalue weighted by molar-refractivity contribution is 0.325. The molecule has 0 aliphatic heterocycles. The van der Waals surface area contributed by atoms with E-state index in [0.717, 1.165) is 42.4 Å². The summed E-state index contributed by atoms with van der Waals surface area (Å²) in [5, 5.41) is 3.42. The molecule has 0 bridgehead atoms. The molecule has 1 aromatic rings. The first-order valence-electron chi connectivity index (χ1n) is 6.59. The standard InChI is InChI=1S/C15H23BrFN/c1-4-8-18-9-7-15(2,3)11-12-10-13(17)5-6-14(12)16/h5-6,10,18H,4,7-9,11H2,1-3H3. The van der Waals surface area contributed by atoms with E-state index in [2.05, 4.69) is 42.0 Å². The number of nitrogens with one attached hydrogen (secondary N) is 1. The van der Waals surface area contributed by atoms with E-state index in [1.165, 1.54) is 6.07 Å². The van der Waals surface area contributed by atoms with Gasteiger partial charge < -0.3 is 5.32 Å². The molecule has 3 heteroatoms. The quantitative estimate of drug-likeness (QED) is 0.728. The van der Waals surface area contributed by atoms with Gasteiger partial charge in [-0.1, -0.05) is 36.7 Å². The van der Waals surface area contributed by atoms with Gasteiger partial charge in [-0.25, -0.2) is 4.39 Å². The van der Waals surface area contributed by atoms with Gasteiger partial charge in [0.15, 0.2) is 0 Å². The SMILES string of the molecule is CCCNCCC(C)(C)Cc1cc(F)ccc1Br. The van der Waals surface area contributed by atoms with Gasteiger partial charge in [-0.2, -0.15) is 0 Å². The third-order valence-corrected chi connectivity index (χ3v) is 3.86. The molecule has 0 saturated carbocycles. The summed E-state index contributed by atoms with van der Waals surface area (Å²) in [6.45, 7) is 8.73. The van der Waals surface area contributed by atoms with Gasteiger partial charge in [0.1, 0.15) is 5.82 Å². The van der Waals surface area contributed by atoms with Crippen LogP contribution in [-0.2, 0) is 6.42 Å². The molecule has 0 radical (unpaired) electrons. The predicted molar refractivity (Wildman–Crippen MR) is 79.4 cm³/mol. The second-order valence-electron chi connectivity index (χ2n) is 5.58. The number of benzene rings is 1. The van der Waals surface area contributed by atoms with Crippen LogP contribution in [-0.4, -0.2) is 13.1 Å². The van der Waals surface area contributed by atoms with Crippen molar-refractivity contribution in [2.45, 2.75) is 40.0 Å². The fourth-order valence-corrected chi connectivity index (χ4v) is 2.40. The number of halogens is 2. The molecule has 0 aromatic heterocycles. The van der Waals surface area contributed by atoms with Crippen molar-refractivity contribution in [1.29, 1.82) is 0 Å². The minimum atomic E-state index is -0.159. The van der Waals surface area contributed by atoms with Gasteiger partial charge in [0.2, 0.25) is 0 Å². The van der Waals surface area contributed by atoms with Crippen molar-refractivity contribution >= 4 is 15.9 Å². The Kier molecular flexibility index (Phi) is 6.30. The molecule has 0 saturated heterocycles. The molecule has 0 spiro atoms. The highest BCUT2D eigenvalue weighted by atomic mass is 79.9. The van der Waals surface area contributed by atoms with Crippen LogP contribution in [0, 0.1) is 11.2 Å². The molecule has 1 nitrogen and oxygen atoms in total. The molecular formula is C15H23BrFN. The van der Waals surface area contributed by atoms with Gasteiger partial charge in [-0.15, -0.1) is 0 Å². The molecular weight excluding hydrogens is 293 g/mol.